The molecule has 1 atom stereocenters. The van der Waals surface area contributed by atoms with Gasteiger partial charge in [0.1, 0.15) is 13.2 Å². The first kappa shape index (κ1) is 73.6. The lowest BCUT2D eigenvalue weighted by Crippen LogP contribution is -2.30. The fourth-order valence-corrected chi connectivity index (χ4v) is 10.2. The highest BCUT2D eigenvalue weighted by molar-refractivity contribution is 5.71. The molecule has 0 aromatic rings. The van der Waals surface area contributed by atoms with E-state index in [4.69, 9.17) is 14.2 Å². The van der Waals surface area contributed by atoms with E-state index in [2.05, 4.69) is 57.2 Å². The first-order valence-corrected chi connectivity index (χ1v) is 34.0. The quantitative estimate of drug-likeness (QED) is 0.0261. The molecule has 0 rings (SSSR count). The van der Waals surface area contributed by atoms with E-state index in [0.717, 1.165) is 77.0 Å². The third kappa shape index (κ3) is 62.5. The lowest BCUT2D eigenvalue weighted by molar-refractivity contribution is -0.167. The maximum Gasteiger partial charge on any atom is 0.306 e. The van der Waals surface area contributed by atoms with Gasteiger partial charge in [0.15, 0.2) is 6.10 Å². The lowest BCUT2D eigenvalue weighted by Gasteiger charge is -2.18. The van der Waals surface area contributed by atoms with Crippen LogP contribution in [0.2, 0.25) is 0 Å². The zero-order chi connectivity index (χ0) is 55.0. The molecule has 0 spiro atoms. The van der Waals surface area contributed by atoms with Gasteiger partial charge in [-0.15, -0.1) is 0 Å². The van der Waals surface area contributed by atoms with Crippen LogP contribution in [-0.4, -0.2) is 37.2 Å². The summed E-state index contributed by atoms with van der Waals surface area (Å²) in [5.41, 5.74) is 0. The Labute approximate surface area is 474 Å². The first-order valence-electron chi connectivity index (χ1n) is 34.0. The molecule has 0 saturated carbocycles. The van der Waals surface area contributed by atoms with Crippen LogP contribution in [0, 0.1) is 0 Å². The van der Waals surface area contributed by atoms with Gasteiger partial charge in [0.25, 0.3) is 0 Å². The van der Waals surface area contributed by atoms with Crippen molar-refractivity contribution >= 4 is 17.9 Å². The SMILES string of the molecule is CCCC/C=C\C/C=C\CCCCCCCC(=O)OCC(COC(=O)CCCCCCCCCCCCCCCCCCCCCCCCC)OC(=O)CCCCCCCCCCC/C=C\CCCCCCCCCC. The molecule has 0 aromatic carbocycles. The molecule has 0 bridgehead atoms. The molecule has 1 unspecified atom stereocenters. The molecule has 6 nitrogen and oxygen atoms in total. The zero-order valence-electron chi connectivity index (χ0n) is 51.3. The highest BCUT2D eigenvalue weighted by atomic mass is 16.6. The molecule has 446 valence electrons. The van der Waals surface area contributed by atoms with E-state index in [1.54, 1.807) is 0 Å². The Morgan fingerprint density at radius 1 is 0.263 bits per heavy atom. The Morgan fingerprint density at radius 2 is 0.487 bits per heavy atom. The summed E-state index contributed by atoms with van der Waals surface area (Å²) in [5, 5.41) is 0. The minimum atomic E-state index is -0.778. The van der Waals surface area contributed by atoms with E-state index in [1.165, 1.54) is 257 Å². The van der Waals surface area contributed by atoms with Crippen LogP contribution in [-0.2, 0) is 28.6 Å². The molecule has 0 aliphatic carbocycles. The van der Waals surface area contributed by atoms with Gasteiger partial charge >= 0.3 is 17.9 Å². The zero-order valence-corrected chi connectivity index (χ0v) is 51.3. The highest BCUT2D eigenvalue weighted by Gasteiger charge is 2.19. The minimum absolute atomic E-state index is 0.0730. The van der Waals surface area contributed by atoms with E-state index in [9.17, 15) is 14.4 Å². The van der Waals surface area contributed by atoms with E-state index >= 15 is 0 Å². The molecule has 0 radical (unpaired) electrons. The Bertz CT molecular complexity index is 1270. The smallest absolute Gasteiger partial charge is 0.306 e. The van der Waals surface area contributed by atoms with Crippen LogP contribution in [0.3, 0.4) is 0 Å². The number of carbonyl (C=O) groups is 3. The van der Waals surface area contributed by atoms with Crippen LogP contribution < -0.4 is 0 Å². The van der Waals surface area contributed by atoms with Crippen molar-refractivity contribution in [1.82, 2.24) is 0 Å². The Kier molecular flexibility index (Phi) is 63.1. The predicted molar refractivity (Wildman–Crippen MR) is 330 cm³/mol. The van der Waals surface area contributed by atoms with Crippen molar-refractivity contribution in [2.75, 3.05) is 13.2 Å². The van der Waals surface area contributed by atoms with Gasteiger partial charge in [-0.25, -0.2) is 0 Å². The fraction of sp³-hybridized carbons (Fsp3) is 0.871. The van der Waals surface area contributed by atoms with Crippen molar-refractivity contribution in [3.05, 3.63) is 36.5 Å². The third-order valence-electron chi connectivity index (χ3n) is 15.4. The second kappa shape index (κ2) is 65.2. The molecule has 0 saturated heterocycles. The number of carbonyl (C=O) groups excluding carboxylic acids is 3. The van der Waals surface area contributed by atoms with Crippen LogP contribution in [0.25, 0.3) is 0 Å². The number of hydrogen-bond acceptors (Lipinski definition) is 6. The molecule has 0 fully saturated rings. The second-order valence-corrected chi connectivity index (χ2v) is 23.1. The molecule has 0 aliphatic heterocycles. The van der Waals surface area contributed by atoms with Gasteiger partial charge < -0.3 is 14.2 Å². The third-order valence-corrected chi connectivity index (χ3v) is 15.4. The molecule has 76 heavy (non-hydrogen) atoms. The molecule has 0 amide bonds. The van der Waals surface area contributed by atoms with Crippen molar-refractivity contribution in [3.63, 3.8) is 0 Å². The number of rotatable bonds is 63. The monoisotopic (exact) mass is 1070 g/mol. The minimum Gasteiger partial charge on any atom is -0.462 e. The van der Waals surface area contributed by atoms with Gasteiger partial charge in [-0.2, -0.15) is 0 Å². The van der Waals surface area contributed by atoms with Gasteiger partial charge in [0.2, 0.25) is 0 Å². The Balaban J connectivity index is 4.28. The van der Waals surface area contributed by atoms with Gasteiger partial charge in [0.05, 0.1) is 0 Å². The second-order valence-electron chi connectivity index (χ2n) is 23.1. The van der Waals surface area contributed by atoms with E-state index in [1.807, 2.05) is 0 Å². The number of unbranched alkanes of at least 4 members (excludes halogenated alkanes) is 46. The topological polar surface area (TPSA) is 78.9 Å². The molecule has 0 heterocycles. The van der Waals surface area contributed by atoms with Crippen molar-refractivity contribution in [2.24, 2.45) is 0 Å². The standard InChI is InChI=1S/C70H130O6/c1-4-7-10-13-16-19-22-25-28-30-32-34-35-37-38-40-42-45-48-51-54-57-60-63-69(72)75-66-67(65-74-68(71)62-59-56-53-50-47-44-27-24-21-18-15-12-9-6-3)76-70(73)64-61-58-55-52-49-46-43-41-39-36-33-31-29-26-23-20-17-14-11-8-5-2/h15,18,24,27,31,33,67H,4-14,16-17,19-23,25-26,28-30,32,34-66H2,1-3H3/b18-15-,27-24-,33-31-. The molecular formula is C70H130O6. The summed E-state index contributed by atoms with van der Waals surface area (Å²) in [7, 11) is 0. The summed E-state index contributed by atoms with van der Waals surface area (Å²) >= 11 is 0. The predicted octanol–water partition coefficient (Wildman–Crippen LogP) is 23.2. The Hall–Kier alpha value is -2.37. The molecule has 6 heteroatoms. The maximum absolute atomic E-state index is 12.9. The summed E-state index contributed by atoms with van der Waals surface area (Å²) in [6.45, 7) is 6.66. The largest absolute Gasteiger partial charge is 0.462 e. The van der Waals surface area contributed by atoms with Gasteiger partial charge in [0, 0.05) is 19.3 Å². The fourth-order valence-electron chi connectivity index (χ4n) is 10.2. The number of hydrogen-bond donors (Lipinski definition) is 0. The van der Waals surface area contributed by atoms with Crippen LogP contribution in [0.4, 0.5) is 0 Å². The van der Waals surface area contributed by atoms with E-state index < -0.39 is 6.10 Å². The van der Waals surface area contributed by atoms with Crippen molar-refractivity contribution in [1.29, 1.82) is 0 Å². The maximum atomic E-state index is 12.9. The summed E-state index contributed by atoms with van der Waals surface area (Å²) in [6, 6.07) is 0. The normalized spacial score (nSPS) is 12.2. The lowest BCUT2D eigenvalue weighted by atomic mass is 10.0. The Morgan fingerprint density at radius 3 is 0.776 bits per heavy atom. The number of ether oxygens (including phenoxy) is 3. The van der Waals surface area contributed by atoms with E-state index in [0.29, 0.717) is 19.3 Å². The van der Waals surface area contributed by atoms with Crippen LogP contribution >= 0.6 is 0 Å². The summed E-state index contributed by atoms with van der Waals surface area (Å²) in [5.74, 6) is -0.864. The first-order chi connectivity index (χ1) is 37.5. The average Bonchev–Trinajstić information content (AvgIpc) is 3.42. The summed E-state index contributed by atoms with van der Waals surface area (Å²) in [6.07, 6.45) is 80.2. The van der Waals surface area contributed by atoms with Gasteiger partial charge in [-0.05, 0) is 70.6 Å². The average molecular weight is 1070 g/mol. The highest BCUT2D eigenvalue weighted by Crippen LogP contribution is 2.18. The van der Waals surface area contributed by atoms with E-state index in [-0.39, 0.29) is 31.1 Å². The molecule has 0 aliphatic rings. The summed E-state index contributed by atoms with van der Waals surface area (Å²) < 4.78 is 17.0. The van der Waals surface area contributed by atoms with Crippen molar-refractivity contribution in [2.45, 2.75) is 380 Å². The number of esters is 3. The molecular weight excluding hydrogens is 937 g/mol. The van der Waals surface area contributed by atoms with Crippen molar-refractivity contribution in [3.8, 4) is 0 Å². The van der Waals surface area contributed by atoms with Crippen LogP contribution in [0.1, 0.15) is 374 Å². The van der Waals surface area contributed by atoms with Crippen molar-refractivity contribution < 1.29 is 28.6 Å². The van der Waals surface area contributed by atoms with Crippen LogP contribution in [0.15, 0.2) is 36.5 Å². The van der Waals surface area contributed by atoms with Gasteiger partial charge in [-0.3, -0.25) is 14.4 Å². The van der Waals surface area contributed by atoms with Gasteiger partial charge in [-0.1, -0.05) is 320 Å². The van der Waals surface area contributed by atoms with Crippen LogP contribution in [0.5, 0.6) is 0 Å². The number of allylic oxidation sites excluding steroid dienone is 6. The molecule has 0 N–H and O–H groups in total. The summed E-state index contributed by atoms with van der Waals surface area (Å²) in [4.78, 5) is 38.4. The molecule has 0 aromatic heterocycles.